The Hall–Kier alpha value is -3.98. The van der Waals surface area contributed by atoms with Crippen molar-refractivity contribution < 1.29 is 43.1 Å². The molecule has 0 saturated heterocycles. The monoisotopic (exact) mass is 570 g/mol. The third-order valence-electron chi connectivity index (χ3n) is 6.04. The molecule has 2 aromatic rings. The molecule has 0 bridgehead atoms. The number of aliphatic hydroxyl groups is 1. The number of rotatable bonds is 15. The van der Waals surface area contributed by atoms with E-state index in [4.69, 9.17) is 28.4 Å². The number of carbonyl (C=O) groups is 2. The van der Waals surface area contributed by atoms with Crippen molar-refractivity contribution in [2.75, 3.05) is 13.2 Å². The van der Waals surface area contributed by atoms with Crippen LogP contribution in [0.25, 0.3) is 0 Å². The van der Waals surface area contributed by atoms with Crippen LogP contribution in [-0.2, 0) is 24.5 Å². The van der Waals surface area contributed by atoms with Crippen molar-refractivity contribution in [3.05, 3.63) is 71.8 Å². The molecule has 9 heteroatoms. The van der Waals surface area contributed by atoms with Crippen LogP contribution in [0.2, 0.25) is 0 Å². The van der Waals surface area contributed by atoms with Crippen molar-refractivity contribution in [1.29, 1.82) is 0 Å². The van der Waals surface area contributed by atoms with Crippen LogP contribution in [0.4, 0.5) is 0 Å². The lowest BCUT2D eigenvalue weighted by molar-refractivity contribution is -0.173. The van der Waals surface area contributed by atoms with Crippen LogP contribution in [0.15, 0.2) is 60.7 Å². The first kappa shape index (κ1) is 33.2. The van der Waals surface area contributed by atoms with Crippen LogP contribution >= 0.6 is 0 Å². The number of aliphatic hydroxyl groups excluding tert-OH is 1. The lowest BCUT2D eigenvalue weighted by atomic mass is 9.77. The summed E-state index contributed by atoms with van der Waals surface area (Å²) >= 11 is 0. The average Bonchev–Trinajstić information content (AvgIpc) is 2.90. The lowest BCUT2D eigenvalue weighted by Crippen LogP contribution is -2.34. The Labute approximate surface area is 242 Å². The summed E-state index contributed by atoms with van der Waals surface area (Å²) in [6.07, 6.45) is -3.22. The Balaban J connectivity index is 2.49. The summed E-state index contributed by atoms with van der Waals surface area (Å²) < 4.78 is 34.4. The molecule has 3 atom stereocenters. The van der Waals surface area contributed by atoms with Gasteiger partial charge in [-0.25, -0.2) is 9.59 Å². The molecule has 0 spiro atoms. The number of benzene rings is 2. The van der Waals surface area contributed by atoms with E-state index in [0.29, 0.717) is 36.2 Å². The van der Waals surface area contributed by atoms with Gasteiger partial charge in [0, 0.05) is 29.0 Å². The molecule has 0 aliphatic rings. The number of carbonyl (C=O) groups excluding carboxylic acids is 2. The van der Waals surface area contributed by atoms with Gasteiger partial charge in [-0.05, 0) is 58.4 Å². The van der Waals surface area contributed by atoms with Gasteiger partial charge in [0.15, 0.2) is 11.5 Å². The molecule has 224 valence electrons. The van der Waals surface area contributed by atoms with Gasteiger partial charge < -0.3 is 33.5 Å². The van der Waals surface area contributed by atoms with E-state index in [1.807, 2.05) is 52.0 Å². The number of esters is 2. The summed E-state index contributed by atoms with van der Waals surface area (Å²) in [5, 5.41) is 10.1. The third kappa shape index (κ3) is 8.75. The predicted octanol–water partition coefficient (Wildman–Crippen LogP) is 5.86. The molecule has 0 amide bonds. The average molecular weight is 571 g/mol. The highest BCUT2D eigenvalue weighted by Gasteiger charge is 2.32. The van der Waals surface area contributed by atoms with Crippen LogP contribution in [0.3, 0.4) is 0 Å². The van der Waals surface area contributed by atoms with Gasteiger partial charge in [-0.1, -0.05) is 45.2 Å². The summed E-state index contributed by atoms with van der Waals surface area (Å²) in [6, 6.07) is 10.9. The standard InChI is InChI=1S/C32H42O9/c1-11-36-26-18-17-25(27(28(26)37-12-2)38-22(8)39-29(34)19(3)4)32(9,10)23-13-15-24(16-14-23)40-31(21(7)33)41-30(35)20(5)6/h13-18,21-22,31,33H,3,5,11-12H2,1-2,4,6-10H3. The highest BCUT2D eigenvalue weighted by atomic mass is 16.7. The maximum absolute atomic E-state index is 12.2. The number of ether oxygens (including phenoxy) is 6. The molecule has 0 saturated carbocycles. The molecule has 9 nitrogen and oxygen atoms in total. The molecule has 2 rings (SSSR count). The van der Waals surface area contributed by atoms with E-state index in [-0.39, 0.29) is 11.1 Å². The zero-order valence-corrected chi connectivity index (χ0v) is 25.2. The zero-order chi connectivity index (χ0) is 30.9. The van der Waals surface area contributed by atoms with Crippen LogP contribution in [0.1, 0.15) is 66.5 Å². The SMILES string of the molecule is C=C(C)C(=O)OC(C)Oc1c(C(C)(C)c2ccc(OC(OC(=O)C(=C)C)C(C)O)cc2)ccc(OCC)c1OCC. The fourth-order valence-electron chi connectivity index (χ4n) is 3.81. The summed E-state index contributed by atoms with van der Waals surface area (Å²) in [6.45, 7) is 21.9. The van der Waals surface area contributed by atoms with Crippen molar-refractivity contribution in [3.63, 3.8) is 0 Å². The summed E-state index contributed by atoms with van der Waals surface area (Å²) in [7, 11) is 0. The maximum Gasteiger partial charge on any atom is 0.336 e. The highest BCUT2D eigenvalue weighted by molar-refractivity contribution is 5.87. The van der Waals surface area contributed by atoms with E-state index >= 15 is 0 Å². The largest absolute Gasteiger partial charge is 0.490 e. The zero-order valence-electron chi connectivity index (χ0n) is 25.2. The molecule has 0 fully saturated rings. The molecule has 1 N–H and O–H groups in total. The van der Waals surface area contributed by atoms with E-state index < -0.39 is 36.0 Å². The topological polar surface area (TPSA) is 110 Å². The van der Waals surface area contributed by atoms with Gasteiger partial charge in [0.05, 0.1) is 13.2 Å². The van der Waals surface area contributed by atoms with E-state index in [1.54, 1.807) is 26.0 Å². The fourth-order valence-corrected chi connectivity index (χ4v) is 3.81. The molecule has 0 aliphatic carbocycles. The Morgan fingerprint density at radius 3 is 1.90 bits per heavy atom. The first-order valence-corrected chi connectivity index (χ1v) is 13.5. The van der Waals surface area contributed by atoms with Gasteiger partial charge in [0.2, 0.25) is 12.0 Å². The Bertz CT molecular complexity index is 1230. The Kier molecular flexibility index (Phi) is 11.8. The van der Waals surface area contributed by atoms with Crippen LogP contribution < -0.4 is 18.9 Å². The molecule has 0 aliphatic heterocycles. The smallest absolute Gasteiger partial charge is 0.336 e. The maximum atomic E-state index is 12.2. The van der Waals surface area contributed by atoms with Crippen molar-refractivity contribution in [2.45, 2.75) is 79.5 Å². The van der Waals surface area contributed by atoms with Gasteiger partial charge in [-0.15, -0.1) is 0 Å². The van der Waals surface area contributed by atoms with Crippen molar-refractivity contribution in [3.8, 4) is 23.0 Å². The Morgan fingerprint density at radius 1 is 0.829 bits per heavy atom. The van der Waals surface area contributed by atoms with Crippen molar-refractivity contribution in [2.24, 2.45) is 0 Å². The van der Waals surface area contributed by atoms with Crippen molar-refractivity contribution >= 4 is 11.9 Å². The second kappa shape index (κ2) is 14.6. The van der Waals surface area contributed by atoms with Gasteiger partial charge in [-0.2, -0.15) is 0 Å². The highest BCUT2D eigenvalue weighted by Crippen LogP contribution is 2.47. The summed E-state index contributed by atoms with van der Waals surface area (Å²) in [5.41, 5.74) is 1.45. The number of hydrogen-bond acceptors (Lipinski definition) is 9. The van der Waals surface area contributed by atoms with Gasteiger partial charge in [-0.3, -0.25) is 0 Å². The summed E-state index contributed by atoms with van der Waals surface area (Å²) in [4.78, 5) is 24.1. The van der Waals surface area contributed by atoms with Gasteiger partial charge in [0.1, 0.15) is 11.9 Å². The lowest BCUT2D eigenvalue weighted by Gasteiger charge is -2.31. The van der Waals surface area contributed by atoms with E-state index in [9.17, 15) is 14.7 Å². The minimum absolute atomic E-state index is 0.194. The first-order valence-electron chi connectivity index (χ1n) is 13.5. The molecular formula is C32H42O9. The molecule has 3 unspecified atom stereocenters. The predicted molar refractivity (Wildman–Crippen MR) is 155 cm³/mol. The van der Waals surface area contributed by atoms with E-state index in [0.717, 1.165) is 11.1 Å². The molecule has 2 aromatic carbocycles. The second-order valence-electron chi connectivity index (χ2n) is 10.1. The van der Waals surface area contributed by atoms with E-state index in [2.05, 4.69) is 13.2 Å². The minimum Gasteiger partial charge on any atom is -0.490 e. The first-order chi connectivity index (χ1) is 19.2. The van der Waals surface area contributed by atoms with Crippen molar-refractivity contribution in [1.82, 2.24) is 0 Å². The molecular weight excluding hydrogens is 528 g/mol. The van der Waals surface area contributed by atoms with Gasteiger partial charge >= 0.3 is 11.9 Å². The third-order valence-corrected chi connectivity index (χ3v) is 6.04. The van der Waals surface area contributed by atoms with Crippen LogP contribution in [-0.4, -0.2) is 48.9 Å². The molecule has 0 radical (unpaired) electrons. The molecule has 0 aromatic heterocycles. The minimum atomic E-state index is -1.21. The van der Waals surface area contributed by atoms with Crippen LogP contribution in [0.5, 0.6) is 23.0 Å². The normalized spacial score (nSPS) is 13.3. The van der Waals surface area contributed by atoms with Gasteiger partial charge in [0.25, 0.3) is 6.29 Å². The van der Waals surface area contributed by atoms with E-state index in [1.165, 1.54) is 13.8 Å². The molecule has 0 heterocycles. The number of hydrogen-bond donors (Lipinski definition) is 1. The second-order valence-corrected chi connectivity index (χ2v) is 10.1. The molecule has 41 heavy (non-hydrogen) atoms. The quantitative estimate of drug-likeness (QED) is 0.160. The fraction of sp³-hybridized carbons (Fsp3) is 0.438. The van der Waals surface area contributed by atoms with Crippen LogP contribution in [0, 0.1) is 0 Å². The summed E-state index contributed by atoms with van der Waals surface area (Å²) in [5.74, 6) is 0.438. The Morgan fingerprint density at radius 2 is 1.39 bits per heavy atom.